The molecule has 0 aromatic carbocycles. The van der Waals surface area contributed by atoms with Gasteiger partial charge in [-0.05, 0) is 50.4 Å². The summed E-state index contributed by atoms with van der Waals surface area (Å²) in [7, 11) is 0. The number of aliphatic hydroxyl groups excluding tert-OH is 1. The summed E-state index contributed by atoms with van der Waals surface area (Å²) >= 11 is 0. The second kappa shape index (κ2) is 9.40. The summed E-state index contributed by atoms with van der Waals surface area (Å²) in [5, 5.41) is 12.4. The molecule has 226 valence electrons. The van der Waals surface area contributed by atoms with Gasteiger partial charge < -0.3 is 24.1 Å². The zero-order chi connectivity index (χ0) is 29.7. The van der Waals surface area contributed by atoms with Crippen molar-refractivity contribution in [3.05, 3.63) is 23.3 Å². The Morgan fingerprint density at radius 2 is 1.83 bits per heavy atom. The Labute approximate surface area is 243 Å². The SMILES string of the molecule is CC(=O)O[C@@H]1C[C@H](OC(=O)C=C(C)C)[C@@]2(C)C3[C@@H](OC[C@@]31C)[C@@H](O)[C@@]1(C)C3=CC[C@@H]([C@@H]4COC(=O)C4)[C@]3(C)CC[C@@H]12. The topological polar surface area (TPSA) is 108 Å². The second-order valence-electron chi connectivity index (χ2n) is 14.9. The minimum absolute atomic E-state index is 0.00888. The van der Waals surface area contributed by atoms with Crippen LogP contribution in [0.2, 0.25) is 0 Å². The standard InChI is InChI=1S/C33H46O8/c1-17(2)12-26(36)41-24-14-23(40-18(3)34)31(5)16-39-27-28(31)33(24,7)22-10-11-30(4)20(19-13-25(35)38-15-19)8-9-21(30)32(22,6)29(27)37/h9,12,19-20,22-24,27-29,37H,8,10-11,13-16H2,1-7H3/t19-,20-,22-,23+,24-,27+,28?,29+,30-,31+,32-,33-/m0/s1. The molecular weight excluding hydrogens is 524 g/mol. The fourth-order valence-corrected chi connectivity index (χ4v) is 11.0. The van der Waals surface area contributed by atoms with E-state index >= 15 is 0 Å². The summed E-state index contributed by atoms with van der Waals surface area (Å²) in [5.41, 5.74) is 0.279. The summed E-state index contributed by atoms with van der Waals surface area (Å²) in [4.78, 5) is 37.4. The molecule has 8 heteroatoms. The zero-order valence-corrected chi connectivity index (χ0v) is 25.5. The van der Waals surface area contributed by atoms with Gasteiger partial charge in [-0.3, -0.25) is 9.59 Å². The minimum atomic E-state index is -0.774. The molecule has 0 bridgehead atoms. The quantitative estimate of drug-likeness (QED) is 0.227. The van der Waals surface area contributed by atoms with Gasteiger partial charge in [0, 0.05) is 47.5 Å². The maximum Gasteiger partial charge on any atom is 0.330 e. The van der Waals surface area contributed by atoms with Gasteiger partial charge in [0.2, 0.25) is 0 Å². The molecule has 6 rings (SSSR count). The molecule has 5 fully saturated rings. The molecule has 0 aromatic rings. The highest BCUT2D eigenvalue weighted by molar-refractivity contribution is 5.82. The van der Waals surface area contributed by atoms with Crippen LogP contribution in [0.15, 0.2) is 23.3 Å². The number of cyclic esters (lactones) is 1. The maximum absolute atomic E-state index is 13.1. The lowest BCUT2D eigenvalue weighted by atomic mass is 9.36. The summed E-state index contributed by atoms with van der Waals surface area (Å²) in [6, 6.07) is 0. The molecule has 0 radical (unpaired) electrons. The molecule has 8 nitrogen and oxygen atoms in total. The average molecular weight is 571 g/mol. The van der Waals surface area contributed by atoms with Crippen molar-refractivity contribution >= 4 is 17.9 Å². The first-order valence-corrected chi connectivity index (χ1v) is 15.4. The van der Waals surface area contributed by atoms with Crippen LogP contribution in [0.1, 0.15) is 80.6 Å². The smallest absolute Gasteiger partial charge is 0.330 e. The molecule has 3 saturated carbocycles. The molecule has 6 aliphatic rings. The van der Waals surface area contributed by atoms with E-state index in [1.807, 2.05) is 13.8 Å². The van der Waals surface area contributed by atoms with E-state index in [0.717, 1.165) is 24.8 Å². The molecule has 0 aromatic heterocycles. The van der Waals surface area contributed by atoms with Crippen molar-refractivity contribution in [2.24, 2.45) is 45.3 Å². The van der Waals surface area contributed by atoms with Gasteiger partial charge in [0.15, 0.2) is 0 Å². The highest BCUT2D eigenvalue weighted by Crippen LogP contribution is 2.75. The number of rotatable bonds is 4. The number of carbonyl (C=O) groups is 3. The summed E-state index contributed by atoms with van der Waals surface area (Å²) in [6.45, 7) is 14.8. The highest BCUT2D eigenvalue weighted by atomic mass is 16.6. The second-order valence-corrected chi connectivity index (χ2v) is 14.9. The van der Waals surface area contributed by atoms with Crippen molar-refractivity contribution in [1.82, 2.24) is 0 Å². The van der Waals surface area contributed by atoms with Crippen LogP contribution in [-0.2, 0) is 33.3 Å². The third-order valence-corrected chi connectivity index (χ3v) is 12.5. The van der Waals surface area contributed by atoms with Crippen LogP contribution >= 0.6 is 0 Å². The molecule has 12 atom stereocenters. The lowest BCUT2D eigenvalue weighted by molar-refractivity contribution is -0.263. The van der Waals surface area contributed by atoms with Crippen molar-refractivity contribution < 1.29 is 38.4 Å². The average Bonchev–Trinajstić information content (AvgIpc) is 3.56. The lowest BCUT2D eigenvalue weighted by Gasteiger charge is -2.69. The number of allylic oxidation sites excluding steroid dienone is 2. The monoisotopic (exact) mass is 570 g/mol. The molecule has 2 saturated heterocycles. The Balaban J connectivity index is 1.44. The number of ether oxygens (including phenoxy) is 4. The minimum Gasteiger partial charge on any atom is -0.465 e. The van der Waals surface area contributed by atoms with Gasteiger partial charge >= 0.3 is 17.9 Å². The number of fused-ring (bicyclic) bond motifs is 4. The van der Waals surface area contributed by atoms with Crippen molar-refractivity contribution in [1.29, 1.82) is 0 Å². The third kappa shape index (κ3) is 3.88. The first kappa shape index (κ1) is 28.9. The van der Waals surface area contributed by atoms with Crippen molar-refractivity contribution in [2.75, 3.05) is 13.2 Å². The van der Waals surface area contributed by atoms with Crippen molar-refractivity contribution in [3.8, 4) is 0 Å². The lowest BCUT2D eigenvalue weighted by Crippen LogP contribution is -2.73. The van der Waals surface area contributed by atoms with Gasteiger partial charge in [-0.2, -0.15) is 0 Å². The molecule has 1 N–H and O–H groups in total. The van der Waals surface area contributed by atoms with E-state index in [0.29, 0.717) is 26.1 Å². The Hall–Kier alpha value is -2.19. The van der Waals surface area contributed by atoms with Gasteiger partial charge in [0.05, 0.1) is 31.8 Å². The Kier molecular flexibility index (Phi) is 6.63. The summed E-state index contributed by atoms with van der Waals surface area (Å²) in [6.07, 6.45) is 5.05. The molecule has 0 amide bonds. The number of carbonyl (C=O) groups excluding carboxylic acids is 3. The molecule has 2 heterocycles. The van der Waals surface area contributed by atoms with Crippen LogP contribution in [0.5, 0.6) is 0 Å². The maximum atomic E-state index is 13.1. The van der Waals surface area contributed by atoms with Crippen LogP contribution in [0.3, 0.4) is 0 Å². The zero-order valence-electron chi connectivity index (χ0n) is 25.5. The van der Waals surface area contributed by atoms with Gasteiger partial charge in [-0.25, -0.2) is 4.79 Å². The van der Waals surface area contributed by atoms with Gasteiger partial charge in [-0.1, -0.05) is 44.9 Å². The molecular formula is C33H46O8. The van der Waals surface area contributed by atoms with Gasteiger partial charge in [0.1, 0.15) is 12.2 Å². The van der Waals surface area contributed by atoms with Gasteiger partial charge in [0.25, 0.3) is 0 Å². The number of esters is 3. The third-order valence-electron chi connectivity index (χ3n) is 12.5. The van der Waals surface area contributed by atoms with Crippen molar-refractivity contribution in [2.45, 2.75) is 105 Å². The highest BCUT2D eigenvalue weighted by Gasteiger charge is 2.77. The van der Waals surface area contributed by atoms with Crippen LogP contribution in [0.25, 0.3) is 0 Å². The molecule has 2 aliphatic heterocycles. The van der Waals surface area contributed by atoms with Crippen LogP contribution < -0.4 is 0 Å². The van der Waals surface area contributed by atoms with Crippen LogP contribution in [0.4, 0.5) is 0 Å². The van der Waals surface area contributed by atoms with Crippen molar-refractivity contribution in [3.63, 3.8) is 0 Å². The van der Waals surface area contributed by atoms with E-state index in [2.05, 4.69) is 33.8 Å². The predicted octanol–water partition coefficient (Wildman–Crippen LogP) is 4.53. The Bertz CT molecular complexity index is 1220. The number of hydrogen-bond acceptors (Lipinski definition) is 8. The fraction of sp³-hybridized carbons (Fsp3) is 0.788. The number of hydrogen-bond donors (Lipinski definition) is 1. The molecule has 1 unspecified atom stereocenters. The van der Waals surface area contributed by atoms with Gasteiger partial charge in [-0.15, -0.1) is 0 Å². The van der Waals surface area contributed by atoms with E-state index in [9.17, 15) is 19.5 Å². The summed E-state index contributed by atoms with van der Waals surface area (Å²) < 4.78 is 24.2. The van der Waals surface area contributed by atoms with E-state index < -0.39 is 46.6 Å². The molecule has 4 aliphatic carbocycles. The van der Waals surface area contributed by atoms with E-state index in [4.69, 9.17) is 18.9 Å². The first-order valence-electron chi connectivity index (χ1n) is 15.4. The van der Waals surface area contributed by atoms with E-state index in [-0.39, 0.29) is 41.0 Å². The summed E-state index contributed by atoms with van der Waals surface area (Å²) in [5.74, 6) is -0.596. The van der Waals surface area contributed by atoms with E-state index in [1.54, 1.807) is 0 Å². The molecule has 41 heavy (non-hydrogen) atoms. The van der Waals surface area contributed by atoms with E-state index in [1.165, 1.54) is 18.6 Å². The fourth-order valence-electron chi connectivity index (χ4n) is 11.0. The largest absolute Gasteiger partial charge is 0.465 e. The Morgan fingerprint density at radius 1 is 1.10 bits per heavy atom. The predicted molar refractivity (Wildman–Crippen MR) is 149 cm³/mol. The Morgan fingerprint density at radius 3 is 2.46 bits per heavy atom. The van der Waals surface area contributed by atoms with Crippen LogP contribution in [-0.4, -0.2) is 60.6 Å². The first-order chi connectivity index (χ1) is 19.2. The normalized spacial score (nSPS) is 49.7. The number of aliphatic hydroxyl groups is 1. The van der Waals surface area contributed by atoms with Crippen LogP contribution in [0, 0.1) is 45.3 Å². The molecule has 0 spiro atoms.